The number of aliphatic hydroxyl groups excluding tert-OH is 1. The predicted octanol–water partition coefficient (Wildman–Crippen LogP) is 3.71. The van der Waals surface area contributed by atoms with E-state index in [1.807, 2.05) is 44.4 Å². The van der Waals surface area contributed by atoms with Crippen molar-refractivity contribution in [2.45, 2.75) is 27.4 Å². The molecule has 1 N–H and O–H groups in total. The smallest absolute Gasteiger partial charge is 0.243 e. The number of aromatic nitrogens is 2. The van der Waals surface area contributed by atoms with E-state index in [1.165, 1.54) is 11.3 Å². The quantitative estimate of drug-likeness (QED) is 0.495. The lowest BCUT2D eigenvalue weighted by atomic mass is 10.2. The first-order valence-corrected chi connectivity index (χ1v) is 9.65. The highest BCUT2D eigenvalue weighted by molar-refractivity contribution is 7.13. The summed E-state index contributed by atoms with van der Waals surface area (Å²) in [6.45, 7) is 6.52. The molecule has 0 aliphatic heterocycles. The van der Waals surface area contributed by atoms with Crippen LogP contribution in [0.5, 0.6) is 11.5 Å². The molecule has 3 aromatic rings. The van der Waals surface area contributed by atoms with Crippen LogP contribution in [0.15, 0.2) is 35.7 Å². The van der Waals surface area contributed by atoms with E-state index in [0.29, 0.717) is 41.8 Å². The standard InChI is InChI=1S/C20H22N2O4S/c1-4-25-18-7-6-14(10-19(18)26-5-2)20-21-16(12-27-20)17-9-13(3)8-15(11-23)22(17)24/h6-10,12,23H,4-5,11H2,1-3H3. The van der Waals surface area contributed by atoms with Crippen LogP contribution < -0.4 is 14.2 Å². The number of hydrogen-bond donors (Lipinski definition) is 1. The molecule has 2 heterocycles. The van der Waals surface area contributed by atoms with Gasteiger partial charge in [0.1, 0.15) is 17.3 Å². The lowest BCUT2D eigenvalue weighted by Crippen LogP contribution is -2.34. The highest BCUT2D eigenvalue weighted by Crippen LogP contribution is 2.35. The Morgan fingerprint density at radius 1 is 1.11 bits per heavy atom. The van der Waals surface area contributed by atoms with Crippen molar-refractivity contribution >= 4 is 11.3 Å². The zero-order valence-electron chi connectivity index (χ0n) is 15.6. The zero-order valence-corrected chi connectivity index (χ0v) is 16.4. The second kappa shape index (κ2) is 8.37. The van der Waals surface area contributed by atoms with Crippen molar-refractivity contribution in [2.24, 2.45) is 0 Å². The van der Waals surface area contributed by atoms with Gasteiger partial charge in [0.05, 0.1) is 13.2 Å². The second-order valence-electron chi connectivity index (χ2n) is 5.93. The van der Waals surface area contributed by atoms with Crippen molar-refractivity contribution in [1.29, 1.82) is 0 Å². The minimum Gasteiger partial charge on any atom is -0.618 e. The Kier molecular flexibility index (Phi) is 5.93. The van der Waals surface area contributed by atoms with E-state index in [1.54, 1.807) is 12.1 Å². The first kappa shape index (κ1) is 19.1. The summed E-state index contributed by atoms with van der Waals surface area (Å²) in [7, 11) is 0. The fourth-order valence-corrected chi connectivity index (χ4v) is 3.60. The highest BCUT2D eigenvalue weighted by atomic mass is 32.1. The average molecular weight is 386 g/mol. The maximum atomic E-state index is 12.4. The van der Waals surface area contributed by atoms with E-state index in [-0.39, 0.29) is 6.61 Å². The Morgan fingerprint density at radius 2 is 1.85 bits per heavy atom. The molecule has 7 heteroatoms. The molecule has 0 saturated carbocycles. The van der Waals surface area contributed by atoms with E-state index in [9.17, 15) is 10.3 Å². The maximum absolute atomic E-state index is 12.4. The molecular weight excluding hydrogens is 364 g/mol. The van der Waals surface area contributed by atoms with Gasteiger partial charge in [0.25, 0.3) is 0 Å². The summed E-state index contributed by atoms with van der Waals surface area (Å²) < 4.78 is 12.0. The molecule has 0 atom stereocenters. The summed E-state index contributed by atoms with van der Waals surface area (Å²) in [6, 6.07) is 9.14. The van der Waals surface area contributed by atoms with Crippen LogP contribution in [-0.2, 0) is 6.61 Å². The van der Waals surface area contributed by atoms with Gasteiger partial charge in [-0.25, -0.2) is 4.98 Å². The topological polar surface area (TPSA) is 78.5 Å². The summed E-state index contributed by atoms with van der Waals surface area (Å²) >= 11 is 1.45. The number of nitrogens with zero attached hydrogens (tertiary/aromatic N) is 2. The molecule has 0 saturated heterocycles. The van der Waals surface area contributed by atoms with Gasteiger partial charge >= 0.3 is 0 Å². The van der Waals surface area contributed by atoms with E-state index < -0.39 is 0 Å². The summed E-state index contributed by atoms with van der Waals surface area (Å²) in [5.74, 6) is 1.37. The summed E-state index contributed by atoms with van der Waals surface area (Å²) in [5.41, 5.74) is 3.10. The third-order valence-electron chi connectivity index (χ3n) is 3.96. The van der Waals surface area contributed by atoms with Crippen molar-refractivity contribution in [3.05, 3.63) is 52.2 Å². The Hall–Kier alpha value is -2.64. The van der Waals surface area contributed by atoms with Gasteiger partial charge < -0.3 is 19.8 Å². The van der Waals surface area contributed by atoms with Crippen LogP contribution in [-0.4, -0.2) is 23.3 Å². The molecule has 0 fully saturated rings. The predicted molar refractivity (Wildman–Crippen MR) is 105 cm³/mol. The van der Waals surface area contributed by atoms with Gasteiger partial charge in [-0.15, -0.1) is 11.3 Å². The van der Waals surface area contributed by atoms with Crippen LogP contribution in [0, 0.1) is 12.1 Å². The molecule has 3 rings (SSSR count). The second-order valence-corrected chi connectivity index (χ2v) is 6.79. The first-order chi connectivity index (χ1) is 13.1. The van der Waals surface area contributed by atoms with Gasteiger partial charge in [-0.2, -0.15) is 4.73 Å². The highest BCUT2D eigenvalue weighted by Gasteiger charge is 2.18. The van der Waals surface area contributed by atoms with Crippen molar-refractivity contribution < 1.29 is 19.3 Å². The van der Waals surface area contributed by atoms with Gasteiger partial charge in [0.15, 0.2) is 11.5 Å². The number of ether oxygens (including phenoxy) is 2. The fourth-order valence-electron chi connectivity index (χ4n) is 2.79. The number of aryl methyl sites for hydroxylation is 1. The molecule has 27 heavy (non-hydrogen) atoms. The Morgan fingerprint density at radius 3 is 2.56 bits per heavy atom. The molecule has 0 radical (unpaired) electrons. The van der Waals surface area contributed by atoms with Crippen LogP contribution in [0.25, 0.3) is 22.0 Å². The van der Waals surface area contributed by atoms with Crippen molar-refractivity contribution in [2.75, 3.05) is 13.2 Å². The van der Waals surface area contributed by atoms with Crippen LogP contribution in [0.3, 0.4) is 0 Å². The van der Waals surface area contributed by atoms with Crippen LogP contribution >= 0.6 is 11.3 Å². The first-order valence-electron chi connectivity index (χ1n) is 8.77. The molecule has 0 aliphatic rings. The van der Waals surface area contributed by atoms with E-state index >= 15 is 0 Å². The Bertz CT molecular complexity index is 940. The minimum atomic E-state index is -0.314. The monoisotopic (exact) mass is 386 g/mol. The summed E-state index contributed by atoms with van der Waals surface area (Å²) in [6.07, 6.45) is 0. The molecule has 0 aliphatic carbocycles. The van der Waals surface area contributed by atoms with Gasteiger partial charge in [0.2, 0.25) is 11.4 Å². The molecule has 2 aromatic heterocycles. The largest absolute Gasteiger partial charge is 0.618 e. The van der Waals surface area contributed by atoms with Crippen LogP contribution in [0.2, 0.25) is 0 Å². The molecule has 1 aromatic carbocycles. The average Bonchev–Trinajstić information content (AvgIpc) is 3.15. The van der Waals surface area contributed by atoms with Crippen LogP contribution in [0.1, 0.15) is 25.1 Å². The normalized spacial score (nSPS) is 10.8. The number of rotatable bonds is 7. The van der Waals surface area contributed by atoms with Crippen molar-refractivity contribution in [1.82, 2.24) is 4.98 Å². The fraction of sp³-hybridized carbons (Fsp3) is 0.300. The van der Waals surface area contributed by atoms with Gasteiger partial charge in [-0.3, -0.25) is 0 Å². The lowest BCUT2D eigenvalue weighted by Gasteiger charge is -2.11. The molecule has 6 nitrogen and oxygen atoms in total. The van der Waals surface area contributed by atoms with Crippen molar-refractivity contribution in [3.63, 3.8) is 0 Å². The van der Waals surface area contributed by atoms with Gasteiger partial charge in [-0.1, -0.05) is 0 Å². The molecule has 0 bridgehead atoms. The number of aliphatic hydroxyl groups is 1. The number of hydrogen-bond acceptors (Lipinski definition) is 6. The molecule has 142 valence electrons. The number of benzene rings is 1. The summed E-state index contributed by atoms with van der Waals surface area (Å²) in [4.78, 5) is 4.62. The van der Waals surface area contributed by atoms with E-state index in [2.05, 4.69) is 4.98 Å². The third kappa shape index (κ3) is 4.04. The number of pyridine rings is 1. The third-order valence-corrected chi connectivity index (χ3v) is 4.85. The van der Waals surface area contributed by atoms with Gasteiger partial charge in [-0.05, 0) is 44.5 Å². The molecule has 0 amide bonds. The molecular formula is C20H22N2O4S. The Labute approximate surface area is 162 Å². The molecule has 0 unspecified atom stereocenters. The van der Waals surface area contributed by atoms with E-state index in [4.69, 9.17) is 9.47 Å². The van der Waals surface area contributed by atoms with Gasteiger partial charge in [0, 0.05) is 23.1 Å². The number of thiazole rings is 1. The Balaban J connectivity index is 1.99. The minimum absolute atomic E-state index is 0.305. The molecule has 0 spiro atoms. The summed E-state index contributed by atoms with van der Waals surface area (Å²) in [5, 5.41) is 24.4. The zero-order chi connectivity index (χ0) is 19.4. The maximum Gasteiger partial charge on any atom is 0.243 e. The van der Waals surface area contributed by atoms with Crippen LogP contribution in [0.4, 0.5) is 0 Å². The van der Waals surface area contributed by atoms with E-state index in [0.717, 1.165) is 20.9 Å². The lowest BCUT2D eigenvalue weighted by molar-refractivity contribution is -0.605. The van der Waals surface area contributed by atoms with Crippen molar-refractivity contribution in [3.8, 4) is 33.5 Å². The SMILES string of the molecule is CCOc1ccc(-c2nc(-c3cc(C)cc(CO)[n+]3[O-])cs2)cc1OCC.